The SMILES string of the molecule is CC(C)c1nnc2n1[C@@H](C)CN(C(=O)CN(C)Cc1ccccc1F)C2. The quantitative estimate of drug-likeness (QED) is 0.823. The molecule has 6 nitrogen and oxygen atoms in total. The third-order valence-corrected chi connectivity index (χ3v) is 4.72. The summed E-state index contributed by atoms with van der Waals surface area (Å²) < 4.78 is 15.9. The number of fused-ring (bicyclic) bond motifs is 1. The van der Waals surface area contributed by atoms with Gasteiger partial charge in [0, 0.05) is 24.6 Å². The molecule has 2 aromatic rings. The Hall–Kier alpha value is -2.28. The van der Waals surface area contributed by atoms with Crippen molar-refractivity contribution in [1.29, 1.82) is 0 Å². The number of likely N-dealkylation sites (N-methyl/N-ethyl adjacent to an activating group) is 1. The number of aromatic nitrogens is 3. The molecular formula is C19H26FN5O. The molecule has 3 rings (SSSR count). The molecule has 2 heterocycles. The zero-order valence-corrected chi connectivity index (χ0v) is 15.8. The predicted molar refractivity (Wildman–Crippen MR) is 97.0 cm³/mol. The highest BCUT2D eigenvalue weighted by Crippen LogP contribution is 2.25. The number of benzene rings is 1. The van der Waals surface area contributed by atoms with Crippen molar-refractivity contribution < 1.29 is 9.18 Å². The van der Waals surface area contributed by atoms with E-state index in [1.54, 1.807) is 18.2 Å². The summed E-state index contributed by atoms with van der Waals surface area (Å²) in [5.74, 6) is 1.88. The Labute approximate surface area is 153 Å². The lowest BCUT2D eigenvalue weighted by Crippen LogP contribution is -2.44. The number of hydrogen-bond acceptors (Lipinski definition) is 4. The summed E-state index contributed by atoms with van der Waals surface area (Å²) in [5.41, 5.74) is 0.594. The fraction of sp³-hybridized carbons (Fsp3) is 0.526. The van der Waals surface area contributed by atoms with Gasteiger partial charge < -0.3 is 9.47 Å². The standard InChI is InChI=1S/C19H26FN5O/c1-13(2)19-22-21-17-11-24(9-14(3)25(17)19)18(26)12-23(4)10-15-7-5-6-8-16(15)20/h5-8,13-14H,9-12H2,1-4H3/t14-/m0/s1. The monoisotopic (exact) mass is 359 g/mol. The third-order valence-electron chi connectivity index (χ3n) is 4.72. The van der Waals surface area contributed by atoms with Crippen LogP contribution in [0, 0.1) is 5.82 Å². The maximum Gasteiger partial charge on any atom is 0.237 e. The fourth-order valence-corrected chi connectivity index (χ4v) is 3.45. The number of amides is 1. The molecule has 1 aliphatic rings. The molecule has 0 bridgehead atoms. The highest BCUT2D eigenvalue weighted by molar-refractivity contribution is 5.78. The van der Waals surface area contributed by atoms with Crippen LogP contribution >= 0.6 is 0 Å². The van der Waals surface area contributed by atoms with E-state index in [-0.39, 0.29) is 24.3 Å². The molecule has 1 aromatic carbocycles. The molecule has 0 fully saturated rings. The topological polar surface area (TPSA) is 54.3 Å². The highest BCUT2D eigenvalue weighted by Gasteiger charge is 2.30. The first-order chi connectivity index (χ1) is 12.4. The lowest BCUT2D eigenvalue weighted by molar-refractivity contribution is -0.134. The maximum atomic E-state index is 13.8. The molecule has 0 aliphatic carbocycles. The van der Waals surface area contributed by atoms with Crippen molar-refractivity contribution in [2.75, 3.05) is 20.1 Å². The van der Waals surface area contributed by atoms with Gasteiger partial charge in [-0.25, -0.2) is 4.39 Å². The van der Waals surface area contributed by atoms with E-state index in [0.29, 0.717) is 31.1 Å². The Bertz CT molecular complexity index is 788. The minimum Gasteiger partial charge on any atom is -0.332 e. The molecule has 0 radical (unpaired) electrons. The summed E-state index contributed by atoms with van der Waals surface area (Å²) in [6.07, 6.45) is 0. The molecule has 140 valence electrons. The molecule has 1 amide bonds. The third kappa shape index (κ3) is 3.77. The van der Waals surface area contributed by atoms with E-state index in [0.717, 1.165) is 11.6 Å². The van der Waals surface area contributed by atoms with Gasteiger partial charge in [0.1, 0.15) is 11.6 Å². The zero-order valence-electron chi connectivity index (χ0n) is 15.8. The van der Waals surface area contributed by atoms with Crippen LogP contribution in [0.5, 0.6) is 0 Å². The van der Waals surface area contributed by atoms with Crippen LogP contribution < -0.4 is 0 Å². The number of rotatable bonds is 5. The Morgan fingerprint density at radius 2 is 2.08 bits per heavy atom. The molecule has 1 aliphatic heterocycles. The van der Waals surface area contributed by atoms with E-state index >= 15 is 0 Å². The summed E-state index contributed by atoms with van der Waals surface area (Å²) in [6.45, 7) is 8.02. The van der Waals surface area contributed by atoms with Gasteiger partial charge in [-0.2, -0.15) is 0 Å². The largest absolute Gasteiger partial charge is 0.332 e. The first kappa shape index (κ1) is 18.5. The normalized spacial score (nSPS) is 17.0. The molecule has 0 N–H and O–H groups in total. The van der Waals surface area contributed by atoms with Gasteiger partial charge in [-0.1, -0.05) is 32.0 Å². The van der Waals surface area contributed by atoms with Crippen LogP contribution in [0.2, 0.25) is 0 Å². The zero-order chi connectivity index (χ0) is 18.8. The lowest BCUT2D eigenvalue weighted by atomic mass is 10.1. The molecule has 0 saturated heterocycles. The summed E-state index contributed by atoms with van der Waals surface area (Å²) in [5, 5.41) is 8.57. The number of halogens is 1. The molecular weight excluding hydrogens is 333 g/mol. The minimum absolute atomic E-state index is 0.0241. The summed E-state index contributed by atoms with van der Waals surface area (Å²) in [4.78, 5) is 16.4. The summed E-state index contributed by atoms with van der Waals surface area (Å²) in [6, 6.07) is 6.80. The van der Waals surface area contributed by atoms with Crippen molar-refractivity contribution in [3.63, 3.8) is 0 Å². The van der Waals surface area contributed by atoms with E-state index in [2.05, 4.69) is 35.5 Å². The molecule has 0 spiro atoms. The van der Waals surface area contributed by atoms with Gasteiger partial charge in [0.2, 0.25) is 5.91 Å². The Morgan fingerprint density at radius 3 is 2.77 bits per heavy atom. The van der Waals surface area contributed by atoms with Gasteiger partial charge in [0.05, 0.1) is 19.1 Å². The van der Waals surface area contributed by atoms with Crippen molar-refractivity contribution in [2.24, 2.45) is 0 Å². The number of hydrogen-bond donors (Lipinski definition) is 0. The first-order valence-electron chi connectivity index (χ1n) is 9.00. The second kappa shape index (κ2) is 7.53. The van der Waals surface area contributed by atoms with Crippen LogP contribution in [-0.4, -0.2) is 50.6 Å². The molecule has 7 heteroatoms. The van der Waals surface area contributed by atoms with Crippen LogP contribution in [0.15, 0.2) is 24.3 Å². The van der Waals surface area contributed by atoms with Crippen LogP contribution in [0.4, 0.5) is 4.39 Å². The van der Waals surface area contributed by atoms with Crippen LogP contribution in [0.25, 0.3) is 0 Å². The van der Waals surface area contributed by atoms with Gasteiger partial charge in [-0.3, -0.25) is 9.69 Å². The molecule has 1 atom stereocenters. The molecule has 1 aromatic heterocycles. The molecule has 26 heavy (non-hydrogen) atoms. The number of carbonyl (C=O) groups is 1. The second-order valence-corrected chi connectivity index (χ2v) is 7.39. The van der Waals surface area contributed by atoms with Crippen molar-refractivity contribution in [2.45, 2.75) is 45.8 Å². The Balaban J connectivity index is 1.64. The fourth-order valence-electron chi connectivity index (χ4n) is 3.45. The van der Waals surface area contributed by atoms with Crippen LogP contribution in [0.3, 0.4) is 0 Å². The average molecular weight is 359 g/mol. The predicted octanol–water partition coefficient (Wildman–Crippen LogP) is 2.58. The van der Waals surface area contributed by atoms with Gasteiger partial charge in [0.25, 0.3) is 0 Å². The summed E-state index contributed by atoms with van der Waals surface area (Å²) in [7, 11) is 1.83. The van der Waals surface area contributed by atoms with E-state index < -0.39 is 0 Å². The van der Waals surface area contributed by atoms with Crippen molar-refractivity contribution >= 4 is 5.91 Å². The minimum atomic E-state index is -0.243. The molecule has 0 saturated carbocycles. The van der Waals surface area contributed by atoms with Crippen molar-refractivity contribution in [1.82, 2.24) is 24.6 Å². The van der Waals surface area contributed by atoms with Gasteiger partial charge in [0.15, 0.2) is 5.82 Å². The number of nitrogens with zero attached hydrogens (tertiary/aromatic N) is 5. The summed E-state index contributed by atoms with van der Waals surface area (Å²) >= 11 is 0. The van der Waals surface area contributed by atoms with Gasteiger partial charge in [-0.05, 0) is 20.0 Å². The van der Waals surface area contributed by atoms with E-state index in [9.17, 15) is 9.18 Å². The van der Waals surface area contributed by atoms with Crippen molar-refractivity contribution in [3.05, 3.63) is 47.3 Å². The lowest BCUT2D eigenvalue weighted by Gasteiger charge is -2.34. The van der Waals surface area contributed by atoms with E-state index in [1.165, 1.54) is 6.07 Å². The first-order valence-corrected chi connectivity index (χ1v) is 9.00. The maximum absolute atomic E-state index is 13.8. The van der Waals surface area contributed by atoms with E-state index in [1.807, 2.05) is 16.8 Å². The average Bonchev–Trinajstić information content (AvgIpc) is 3.01. The van der Waals surface area contributed by atoms with Crippen molar-refractivity contribution in [3.8, 4) is 0 Å². The van der Waals surface area contributed by atoms with E-state index in [4.69, 9.17) is 0 Å². The Morgan fingerprint density at radius 1 is 1.35 bits per heavy atom. The highest BCUT2D eigenvalue weighted by atomic mass is 19.1. The van der Waals surface area contributed by atoms with Gasteiger partial charge in [-0.15, -0.1) is 10.2 Å². The smallest absolute Gasteiger partial charge is 0.237 e. The van der Waals surface area contributed by atoms with Crippen LogP contribution in [0.1, 0.15) is 49.9 Å². The van der Waals surface area contributed by atoms with Gasteiger partial charge >= 0.3 is 0 Å². The number of carbonyl (C=O) groups excluding carboxylic acids is 1. The second-order valence-electron chi connectivity index (χ2n) is 7.39. The Kier molecular flexibility index (Phi) is 5.36. The molecule has 0 unspecified atom stereocenters. The van der Waals surface area contributed by atoms with Crippen LogP contribution in [-0.2, 0) is 17.9 Å².